The van der Waals surface area contributed by atoms with Gasteiger partial charge in [0.1, 0.15) is 5.75 Å². The lowest BCUT2D eigenvalue weighted by molar-refractivity contribution is -0.159. The average Bonchev–Trinajstić information content (AvgIpc) is 2.31. The van der Waals surface area contributed by atoms with Crippen molar-refractivity contribution < 1.29 is 24.9 Å². The van der Waals surface area contributed by atoms with Crippen molar-refractivity contribution in [2.45, 2.75) is 13.8 Å². The smallest absolute Gasteiger partial charge is 0.414 e. The van der Waals surface area contributed by atoms with Gasteiger partial charge in [0.25, 0.3) is 0 Å². The highest BCUT2D eigenvalue weighted by Crippen LogP contribution is 2.19. The number of aliphatic carboxylic acids is 2. The van der Waals surface area contributed by atoms with Crippen LogP contribution >= 0.6 is 0 Å². The fraction of sp³-hybridized carbons (Fsp3) is 0.333. The van der Waals surface area contributed by atoms with E-state index in [9.17, 15) is 5.11 Å². The van der Waals surface area contributed by atoms with Crippen molar-refractivity contribution in [3.63, 3.8) is 0 Å². The highest BCUT2D eigenvalue weighted by atomic mass is 16.4. The van der Waals surface area contributed by atoms with Crippen LogP contribution in [0, 0.1) is 0 Å². The first-order valence-electron chi connectivity index (χ1n) is 5.42. The Balaban J connectivity index is 0.000000411. The zero-order valence-electron chi connectivity index (χ0n) is 10.3. The number of phenolic OH excluding ortho intramolecular Hbond substituents is 1. The van der Waals surface area contributed by atoms with E-state index < -0.39 is 11.9 Å². The third-order valence-electron chi connectivity index (χ3n) is 2.14. The summed E-state index contributed by atoms with van der Waals surface area (Å²) in [5, 5.41) is 24.0. The van der Waals surface area contributed by atoms with Crippen LogP contribution in [0.25, 0.3) is 0 Å². The van der Waals surface area contributed by atoms with E-state index in [2.05, 4.69) is 18.7 Å². The van der Waals surface area contributed by atoms with E-state index in [0.717, 1.165) is 18.8 Å². The normalized spacial score (nSPS) is 9.00. The predicted octanol–water partition coefficient (Wildman–Crippen LogP) is 1.39. The molecule has 1 rings (SSSR count). The molecular formula is C12H17NO5. The maximum Gasteiger partial charge on any atom is 0.414 e. The Bertz CT molecular complexity index is 389. The van der Waals surface area contributed by atoms with Crippen molar-refractivity contribution in [2.24, 2.45) is 0 Å². The van der Waals surface area contributed by atoms with Gasteiger partial charge in [0.15, 0.2) is 0 Å². The number of hydrogen-bond acceptors (Lipinski definition) is 4. The van der Waals surface area contributed by atoms with Gasteiger partial charge >= 0.3 is 11.9 Å². The van der Waals surface area contributed by atoms with E-state index >= 15 is 0 Å². The molecule has 6 nitrogen and oxygen atoms in total. The van der Waals surface area contributed by atoms with Crippen molar-refractivity contribution in [2.75, 3.05) is 18.0 Å². The first-order chi connectivity index (χ1) is 8.42. The first-order valence-corrected chi connectivity index (χ1v) is 5.42. The largest absolute Gasteiger partial charge is 0.508 e. The summed E-state index contributed by atoms with van der Waals surface area (Å²) in [5.74, 6) is -3.32. The van der Waals surface area contributed by atoms with Crippen molar-refractivity contribution in [3.8, 4) is 5.75 Å². The number of hydrogen-bond donors (Lipinski definition) is 3. The molecule has 0 aromatic heterocycles. The Morgan fingerprint density at radius 3 is 1.94 bits per heavy atom. The summed E-state index contributed by atoms with van der Waals surface area (Å²) in [6, 6.07) is 7.34. The number of carboxylic acid groups (broad SMARTS) is 2. The predicted molar refractivity (Wildman–Crippen MR) is 66.9 cm³/mol. The summed E-state index contributed by atoms with van der Waals surface area (Å²) in [5.41, 5.74) is 1.08. The van der Waals surface area contributed by atoms with Crippen LogP contribution in [0.3, 0.4) is 0 Å². The Kier molecular flexibility index (Phi) is 6.95. The van der Waals surface area contributed by atoms with Crippen LogP contribution in [0.2, 0.25) is 0 Å². The van der Waals surface area contributed by atoms with Crippen molar-refractivity contribution in [1.29, 1.82) is 0 Å². The van der Waals surface area contributed by atoms with Gasteiger partial charge in [-0.1, -0.05) is 6.07 Å². The third kappa shape index (κ3) is 5.74. The van der Waals surface area contributed by atoms with Gasteiger partial charge in [-0.05, 0) is 26.0 Å². The molecule has 0 radical (unpaired) electrons. The van der Waals surface area contributed by atoms with Crippen LogP contribution in [0.5, 0.6) is 5.75 Å². The van der Waals surface area contributed by atoms with Gasteiger partial charge in [0.05, 0.1) is 0 Å². The molecule has 100 valence electrons. The molecule has 1 aromatic carbocycles. The Morgan fingerprint density at radius 1 is 1.11 bits per heavy atom. The van der Waals surface area contributed by atoms with Gasteiger partial charge in [-0.3, -0.25) is 0 Å². The molecule has 0 aliphatic carbocycles. The van der Waals surface area contributed by atoms with Gasteiger partial charge < -0.3 is 20.2 Å². The van der Waals surface area contributed by atoms with E-state index in [4.69, 9.17) is 19.8 Å². The van der Waals surface area contributed by atoms with E-state index in [1.54, 1.807) is 12.1 Å². The maximum absolute atomic E-state index is 9.23. The summed E-state index contributed by atoms with van der Waals surface area (Å²) in [4.78, 5) is 20.4. The molecule has 0 saturated carbocycles. The fourth-order valence-electron chi connectivity index (χ4n) is 1.28. The second-order valence-corrected chi connectivity index (χ2v) is 3.30. The number of carboxylic acids is 2. The Morgan fingerprint density at radius 2 is 1.61 bits per heavy atom. The second-order valence-electron chi connectivity index (χ2n) is 3.30. The number of anilines is 1. The lowest BCUT2D eigenvalue weighted by Crippen LogP contribution is -2.21. The van der Waals surface area contributed by atoms with E-state index in [0.29, 0.717) is 5.75 Å². The monoisotopic (exact) mass is 255 g/mol. The van der Waals surface area contributed by atoms with Gasteiger partial charge in [-0.2, -0.15) is 0 Å². The van der Waals surface area contributed by atoms with Gasteiger partial charge in [-0.15, -0.1) is 0 Å². The number of carbonyl (C=O) groups is 2. The molecular weight excluding hydrogens is 238 g/mol. The van der Waals surface area contributed by atoms with Crippen molar-refractivity contribution in [1.82, 2.24) is 0 Å². The summed E-state index contributed by atoms with van der Waals surface area (Å²) in [7, 11) is 0. The fourth-order valence-corrected chi connectivity index (χ4v) is 1.28. The molecule has 0 aliphatic rings. The number of phenols is 1. The quantitative estimate of drug-likeness (QED) is 0.706. The number of benzene rings is 1. The highest BCUT2D eigenvalue weighted by molar-refractivity contribution is 6.27. The zero-order chi connectivity index (χ0) is 14.1. The summed E-state index contributed by atoms with van der Waals surface area (Å²) < 4.78 is 0. The zero-order valence-corrected chi connectivity index (χ0v) is 10.3. The lowest BCUT2D eigenvalue weighted by Gasteiger charge is -2.20. The molecule has 3 N–H and O–H groups in total. The number of aromatic hydroxyl groups is 1. The van der Waals surface area contributed by atoms with Crippen LogP contribution in [0.1, 0.15) is 13.8 Å². The second kappa shape index (κ2) is 7.94. The molecule has 18 heavy (non-hydrogen) atoms. The number of rotatable bonds is 3. The van der Waals surface area contributed by atoms with Crippen LogP contribution < -0.4 is 4.90 Å². The summed E-state index contributed by atoms with van der Waals surface area (Å²) in [6.45, 7) is 6.15. The van der Waals surface area contributed by atoms with E-state index in [1.165, 1.54) is 0 Å². The molecule has 0 aliphatic heterocycles. The highest BCUT2D eigenvalue weighted by Gasteiger charge is 2.04. The summed E-state index contributed by atoms with van der Waals surface area (Å²) >= 11 is 0. The Hall–Kier alpha value is -2.24. The molecule has 0 amide bonds. The van der Waals surface area contributed by atoms with Gasteiger partial charge in [0.2, 0.25) is 0 Å². The minimum Gasteiger partial charge on any atom is -0.508 e. The molecule has 0 fully saturated rings. The SMILES string of the molecule is CCN(CC)c1cccc(O)c1.O=C(O)C(=O)O. The standard InChI is InChI=1S/C10H15NO.C2H2O4/c1-3-11(4-2)9-6-5-7-10(12)8-9;3-1(4)2(5)6/h5-8,12H,3-4H2,1-2H3;(H,3,4)(H,5,6). The van der Waals surface area contributed by atoms with Crippen LogP contribution in [-0.2, 0) is 9.59 Å². The molecule has 0 heterocycles. The minimum absolute atomic E-state index is 0.333. The van der Waals surface area contributed by atoms with Gasteiger partial charge in [-0.25, -0.2) is 9.59 Å². The van der Waals surface area contributed by atoms with E-state index in [-0.39, 0.29) is 0 Å². The van der Waals surface area contributed by atoms with Crippen LogP contribution in [0.15, 0.2) is 24.3 Å². The summed E-state index contributed by atoms with van der Waals surface area (Å²) in [6.07, 6.45) is 0. The molecule has 0 unspecified atom stereocenters. The third-order valence-corrected chi connectivity index (χ3v) is 2.14. The Labute approximate surface area is 105 Å². The molecule has 0 saturated heterocycles. The lowest BCUT2D eigenvalue weighted by atomic mass is 10.2. The number of nitrogens with zero attached hydrogens (tertiary/aromatic N) is 1. The molecule has 0 bridgehead atoms. The van der Waals surface area contributed by atoms with E-state index in [1.807, 2.05) is 12.1 Å². The first kappa shape index (κ1) is 15.8. The van der Waals surface area contributed by atoms with Crippen LogP contribution in [-0.4, -0.2) is 40.3 Å². The average molecular weight is 255 g/mol. The molecule has 6 heteroatoms. The topological polar surface area (TPSA) is 98.1 Å². The maximum atomic E-state index is 9.23. The molecule has 1 aromatic rings. The van der Waals surface area contributed by atoms with Crippen molar-refractivity contribution >= 4 is 17.6 Å². The molecule has 0 spiro atoms. The van der Waals surface area contributed by atoms with Crippen LogP contribution in [0.4, 0.5) is 5.69 Å². The van der Waals surface area contributed by atoms with Crippen molar-refractivity contribution in [3.05, 3.63) is 24.3 Å². The van der Waals surface area contributed by atoms with Gasteiger partial charge in [0, 0.05) is 24.8 Å². The molecule has 0 atom stereocenters. The minimum atomic E-state index is -1.82.